The van der Waals surface area contributed by atoms with Gasteiger partial charge in [-0.1, -0.05) is 18.2 Å². The van der Waals surface area contributed by atoms with Crippen LogP contribution in [0.4, 0.5) is 5.69 Å². The molecule has 0 saturated carbocycles. The number of amides is 2. The van der Waals surface area contributed by atoms with Crippen LogP contribution in [0.25, 0.3) is 0 Å². The molecule has 0 aliphatic carbocycles. The van der Waals surface area contributed by atoms with Crippen LogP contribution >= 0.6 is 0 Å². The average molecular weight is 354 g/mol. The lowest BCUT2D eigenvalue weighted by atomic mass is 10.1. The number of nitrogens with one attached hydrogen (secondary N) is 1. The number of rotatable bonds is 8. The van der Waals surface area contributed by atoms with Crippen LogP contribution in [0.15, 0.2) is 49.1 Å². The first-order valence-corrected chi connectivity index (χ1v) is 8.06. The van der Waals surface area contributed by atoms with Gasteiger partial charge in [0.2, 0.25) is 5.91 Å². The number of hydrogen-bond acceptors (Lipinski definition) is 4. The molecule has 0 atom stereocenters. The molecular formula is C20H22N2O4. The van der Waals surface area contributed by atoms with Gasteiger partial charge in [0.1, 0.15) is 0 Å². The van der Waals surface area contributed by atoms with Crippen molar-refractivity contribution in [2.75, 3.05) is 19.0 Å². The smallest absolute Gasteiger partial charge is 0.262 e. The van der Waals surface area contributed by atoms with Gasteiger partial charge in [-0.2, -0.15) is 0 Å². The molecule has 0 saturated heterocycles. The second-order valence-corrected chi connectivity index (χ2v) is 5.66. The zero-order valence-electron chi connectivity index (χ0n) is 14.9. The molecule has 0 fully saturated rings. The quantitative estimate of drug-likeness (QED) is 0.713. The van der Waals surface area contributed by atoms with E-state index in [2.05, 4.69) is 11.9 Å². The predicted octanol–water partition coefficient (Wildman–Crippen LogP) is 2.85. The summed E-state index contributed by atoms with van der Waals surface area (Å²) in [6.07, 6.45) is 2.51. The standard InChI is InChI=1S/C20H22N2O4/c1-4-6-14-9-10-17(18(11-14)25-3)26-12-19(23)22-16-8-5-7-15(13(16)2)20(21)24/h4-5,7-11H,1,6,12H2,2-3H3,(H2,21,24)(H,22,23). The van der Waals surface area contributed by atoms with E-state index in [1.165, 1.54) is 0 Å². The molecule has 2 amide bonds. The Labute approximate surface area is 152 Å². The van der Waals surface area contributed by atoms with Crippen LogP contribution in [0.5, 0.6) is 11.5 Å². The van der Waals surface area contributed by atoms with Crippen LogP contribution in [0, 0.1) is 6.92 Å². The number of primary amides is 1. The lowest BCUT2D eigenvalue weighted by Crippen LogP contribution is -2.22. The van der Waals surface area contributed by atoms with Crippen LogP contribution in [-0.4, -0.2) is 25.5 Å². The van der Waals surface area contributed by atoms with Gasteiger partial charge in [0, 0.05) is 11.3 Å². The predicted molar refractivity (Wildman–Crippen MR) is 101 cm³/mol. The van der Waals surface area contributed by atoms with E-state index >= 15 is 0 Å². The normalized spacial score (nSPS) is 10.1. The van der Waals surface area contributed by atoms with E-state index in [0.717, 1.165) is 5.56 Å². The number of hydrogen-bond donors (Lipinski definition) is 2. The first-order valence-electron chi connectivity index (χ1n) is 8.06. The zero-order valence-corrected chi connectivity index (χ0v) is 14.9. The number of ether oxygens (including phenoxy) is 2. The number of carbonyl (C=O) groups excluding carboxylic acids is 2. The van der Waals surface area contributed by atoms with E-state index < -0.39 is 5.91 Å². The maximum absolute atomic E-state index is 12.2. The maximum Gasteiger partial charge on any atom is 0.262 e. The third kappa shape index (κ3) is 4.63. The van der Waals surface area contributed by atoms with E-state index in [1.807, 2.05) is 12.1 Å². The van der Waals surface area contributed by atoms with E-state index in [-0.39, 0.29) is 12.5 Å². The van der Waals surface area contributed by atoms with Gasteiger partial charge in [-0.15, -0.1) is 6.58 Å². The molecule has 0 heterocycles. The van der Waals surface area contributed by atoms with Crippen molar-refractivity contribution in [1.82, 2.24) is 0 Å². The second-order valence-electron chi connectivity index (χ2n) is 5.66. The first kappa shape index (κ1) is 19.1. The summed E-state index contributed by atoms with van der Waals surface area (Å²) >= 11 is 0. The minimum absolute atomic E-state index is 0.197. The maximum atomic E-state index is 12.2. The first-order chi connectivity index (χ1) is 12.5. The van der Waals surface area contributed by atoms with Crippen molar-refractivity contribution in [2.24, 2.45) is 5.73 Å². The molecule has 6 nitrogen and oxygen atoms in total. The lowest BCUT2D eigenvalue weighted by Gasteiger charge is -2.13. The van der Waals surface area contributed by atoms with Gasteiger partial charge < -0.3 is 20.5 Å². The highest BCUT2D eigenvalue weighted by molar-refractivity contribution is 5.98. The molecule has 0 spiro atoms. The fourth-order valence-corrected chi connectivity index (χ4v) is 2.49. The molecule has 2 aromatic carbocycles. The number of benzene rings is 2. The summed E-state index contributed by atoms with van der Waals surface area (Å²) < 4.78 is 10.9. The van der Waals surface area contributed by atoms with Crippen LogP contribution in [0.3, 0.4) is 0 Å². The van der Waals surface area contributed by atoms with Crippen molar-refractivity contribution < 1.29 is 19.1 Å². The lowest BCUT2D eigenvalue weighted by molar-refractivity contribution is -0.118. The summed E-state index contributed by atoms with van der Waals surface area (Å²) in [5.74, 6) is 0.119. The fourth-order valence-electron chi connectivity index (χ4n) is 2.49. The van der Waals surface area contributed by atoms with Gasteiger partial charge in [-0.05, 0) is 48.7 Å². The topological polar surface area (TPSA) is 90.6 Å². The number of nitrogens with two attached hydrogens (primary N) is 1. The Kier molecular flexibility index (Phi) is 6.38. The van der Waals surface area contributed by atoms with Gasteiger partial charge in [-0.25, -0.2) is 0 Å². The third-order valence-electron chi connectivity index (χ3n) is 3.84. The molecular weight excluding hydrogens is 332 g/mol. The van der Waals surface area contributed by atoms with Gasteiger partial charge in [0.15, 0.2) is 18.1 Å². The van der Waals surface area contributed by atoms with Crippen molar-refractivity contribution >= 4 is 17.5 Å². The highest BCUT2D eigenvalue weighted by Crippen LogP contribution is 2.28. The molecule has 26 heavy (non-hydrogen) atoms. The molecule has 136 valence electrons. The Bertz CT molecular complexity index is 831. The Hall–Kier alpha value is -3.28. The Balaban J connectivity index is 2.04. The molecule has 0 radical (unpaired) electrons. The minimum Gasteiger partial charge on any atom is -0.493 e. The Morgan fingerprint density at radius 1 is 1.23 bits per heavy atom. The van der Waals surface area contributed by atoms with E-state index in [0.29, 0.717) is 34.7 Å². The molecule has 0 bridgehead atoms. The fraction of sp³-hybridized carbons (Fsp3) is 0.200. The summed E-state index contributed by atoms with van der Waals surface area (Å²) in [6.45, 7) is 5.23. The summed E-state index contributed by atoms with van der Waals surface area (Å²) in [7, 11) is 1.54. The van der Waals surface area contributed by atoms with Crippen LogP contribution in [0.1, 0.15) is 21.5 Å². The Morgan fingerprint density at radius 2 is 2.00 bits per heavy atom. The SMILES string of the molecule is C=CCc1ccc(OCC(=O)Nc2cccc(C(N)=O)c2C)c(OC)c1. The molecule has 0 unspecified atom stereocenters. The molecule has 6 heteroatoms. The molecule has 2 rings (SSSR count). The van der Waals surface area contributed by atoms with Crippen molar-refractivity contribution in [3.63, 3.8) is 0 Å². The second kappa shape index (κ2) is 8.71. The van der Waals surface area contributed by atoms with Gasteiger partial charge in [0.25, 0.3) is 5.91 Å². The zero-order chi connectivity index (χ0) is 19.1. The van der Waals surface area contributed by atoms with E-state index in [9.17, 15) is 9.59 Å². The van der Waals surface area contributed by atoms with Gasteiger partial charge in [-0.3, -0.25) is 9.59 Å². The molecule has 2 aromatic rings. The van der Waals surface area contributed by atoms with E-state index in [4.69, 9.17) is 15.2 Å². The van der Waals surface area contributed by atoms with Crippen LogP contribution in [0.2, 0.25) is 0 Å². The molecule has 0 aliphatic rings. The van der Waals surface area contributed by atoms with Gasteiger partial charge in [0.05, 0.1) is 7.11 Å². The molecule has 0 aliphatic heterocycles. The minimum atomic E-state index is -0.542. The number of methoxy groups -OCH3 is 1. The number of carbonyl (C=O) groups is 2. The highest BCUT2D eigenvalue weighted by atomic mass is 16.5. The van der Waals surface area contributed by atoms with Crippen molar-refractivity contribution in [1.29, 1.82) is 0 Å². The van der Waals surface area contributed by atoms with Crippen LogP contribution < -0.4 is 20.5 Å². The van der Waals surface area contributed by atoms with E-state index in [1.54, 1.807) is 44.4 Å². The highest BCUT2D eigenvalue weighted by Gasteiger charge is 2.12. The van der Waals surface area contributed by atoms with Crippen molar-refractivity contribution in [2.45, 2.75) is 13.3 Å². The van der Waals surface area contributed by atoms with Crippen molar-refractivity contribution in [3.8, 4) is 11.5 Å². The monoisotopic (exact) mass is 354 g/mol. The Morgan fingerprint density at radius 3 is 2.65 bits per heavy atom. The summed E-state index contributed by atoms with van der Waals surface area (Å²) in [6, 6.07) is 10.5. The summed E-state index contributed by atoms with van der Waals surface area (Å²) in [4.78, 5) is 23.6. The number of allylic oxidation sites excluding steroid dienone is 1. The number of anilines is 1. The third-order valence-corrected chi connectivity index (χ3v) is 3.84. The van der Waals surface area contributed by atoms with Gasteiger partial charge >= 0.3 is 0 Å². The molecule has 0 aromatic heterocycles. The average Bonchev–Trinajstić information content (AvgIpc) is 2.62. The summed E-state index contributed by atoms with van der Waals surface area (Å²) in [5.41, 5.74) is 7.84. The summed E-state index contributed by atoms with van der Waals surface area (Å²) in [5, 5.41) is 2.72. The molecule has 3 N–H and O–H groups in total. The largest absolute Gasteiger partial charge is 0.493 e. The van der Waals surface area contributed by atoms with Crippen LogP contribution in [-0.2, 0) is 11.2 Å². The van der Waals surface area contributed by atoms with Crippen molar-refractivity contribution in [3.05, 3.63) is 65.7 Å².